The van der Waals surface area contributed by atoms with Crippen molar-refractivity contribution in [2.24, 2.45) is 23.7 Å². The topological polar surface area (TPSA) is 514 Å². The molecular formula is C62H97O34+. The molecule has 30 unspecified atom stereocenters. The zero-order chi connectivity index (χ0) is 69.4. The highest BCUT2D eigenvalue weighted by Gasteiger charge is 2.59. The summed E-state index contributed by atoms with van der Waals surface area (Å²) in [5.41, 5.74) is 0. The lowest BCUT2D eigenvalue weighted by Crippen LogP contribution is -2.66. The highest BCUT2D eigenvalue weighted by molar-refractivity contribution is 5.91. The van der Waals surface area contributed by atoms with Crippen LogP contribution in [0.4, 0.5) is 0 Å². The molecule has 96 heavy (non-hydrogen) atoms. The third-order valence-corrected chi connectivity index (χ3v) is 20.1. The molecule has 0 aromatic rings. The van der Waals surface area contributed by atoms with Crippen LogP contribution in [-0.4, -0.2) is 337 Å². The SMILES string of the molecule is COC(=O)CC(=O)OCC1OC(OC2CC(O)CC3[OH+]C(C4CCC(O)C(O)C4)C(OC4OC(COC(=O)C=CC5CCC(OC6OC(CO)C(O)C(O)C6O)CC5)C(O)C(O)C4OC4OCC(O)C(O)C4OC(=O)C=CC4CC(OC)C(O)C(OC)C4)CC23)C(O)C(O)C1O. The van der Waals surface area contributed by atoms with Gasteiger partial charge in [-0.2, -0.15) is 0 Å². The first-order valence-electron chi connectivity index (χ1n) is 32.8. The van der Waals surface area contributed by atoms with Crippen LogP contribution in [0.5, 0.6) is 0 Å². The number of hydrogen-bond acceptors (Lipinski definition) is 33. The largest absolute Gasteiger partial charge is 0.469 e. The van der Waals surface area contributed by atoms with Gasteiger partial charge in [0.1, 0.15) is 117 Å². The standard InChI is InChI=1S/C62H96O34/c1-82-36-14-26(15-37(83-2)47(36)73)7-13-43(69)95-57-46(72)33(67)22-87-61(57)96-58-53(79)50(76)41(23-85-42(68)12-6-25-4-9-29(10-5-25)88-59-54(80)51(77)48(74)39(21-63)92-59)94-62(58)91-38-19-30-34(89-56(38)27-8-11-31(65)32(66)16-27)17-28(64)18-35(30)90-60-55(81)52(78)49(75)40(93-60)24-86-45(71)20-44(70)84-3/h6-7,12-13,25-41,46-67,72-81H,4-5,8-11,14-24H2,1-3H3/p+1. The van der Waals surface area contributed by atoms with E-state index in [0.717, 1.165) is 13.2 Å². The van der Waals surface area contributed by atoms with E-state index in [-0.39, 0.29) is 50.4 Å². The van der Waals surface area contributed by atoms with Crippen LogP contribution in [0.3, 0.4) is 0 Å². The molecule has 0 radical (unpaired) electrons. The zero-order valence-electron chi connectivity index (χ0n) is 53.5. The molecule has 0 amide bonds. The van der Waals surface area contributed by atoms with E-state index in [0.29, 0.717) is 38.5 Å². The van der Waals surface area contributed by atoms with Gasteiger partial charge in [0.15, 0.2) is 43.5 Å². The maximum absolute atomic E-state index is 13.7. The van der Waals surface area contributed by atoms with Crippen LogP contribution < -0.4 is 0 Å². The van der Waals surface area contributed by atoms with Crippen molar-refractivity contribution in [2.75, 3.05) is 47.8 Å². The Hall–Kier alpha value is -3.68. The van der Waals surface area contributed by atoms with E-state index >= 15 is 0 Å². The number of fused-ring (bicyclic) bond motifs is 1. The molecule has 0 aromatic carbocycles. The Bertz CT molecular complexity index is 2530. The lowest BCUT2D eigenvalue weighted by Gasteiger charge is -2.50. The van der Waals surface area contributed by atoms with Crippen molar-refractivity contribution in [1.82, 2.24) is 0 Å². The highest BCUT2D eigenvalue weighted by atomic mass is 16.8. The minimum atomic E-state index is -2.06. The second kappa shape index (κ2) is 34.8. The van der Waals surface area contributed by atoms with Crippen LogP contribution >= 0.6 is 0 Å². The van der Waals surface area contributed by atoms with Crippen molar-refractivity contribution >= 4 is 23.9 Å². The third-order valence-electron chi connectivity index (χ3n) is 20.1. The monoisotopic (exact) mass is 1390 g/mol. The molecule has 4 aliphatic carbocycles. The molecule has 548 valence electrons. The first kappa shape index (κ1) is 76.5. The van der Waals surface area contributed by atoms with Crippen molar-refractivity contribution in [3.05, 3.63) is 24.3 Å². The molecule has 30 atom stereocenters. The second-order valence-electron chi connectivity index (χ2n) is 26.5. The predicted molar refractivity (Wildman–Crippen MR) is 314 cm³/mol. The fourth-order valence-electron chi connectivity index (χ4n) is 14.5. The minimum Gasteiger partial charge on any atom is -0.469 e. The number of rotatable bonds is 23. The summed E-state index contributed by atoms with van der Waals surface area (Å²) in [5, 5.41) is 164. The molecule has 5 heterocycles. The van der Waals surface area contributed by atoms with E-state index in [9.17, 15) is 95.8 Å². The Morgan fingerprint density at radius 3 is 1.72 bits per heavy atom. The lowest BCUT2D eigenvalue weighted by molar-refractivity contribution is -0.385. The van der Waals surface area contributed by atoms with E-state index in [1.54, 1.807) is 6.08 Å². The zero-order valence-corrected chi connectivity index (χ0v) is 53.5. The van der Waals surface area contributed by atoms with E-state index < -0.39 is 252 Å². The summed E-state index contributed by atoms with van der Waals surface area (Å²) in [7, 11) is 3.90. The molecule has 16 N–H and O–H groups in total. The highest BCUT2D eigenvalue weighted by Crippen LogP contribution is 2.45. The molecule has 0 spiro atoms. The summed E-state index contributed by atoms with van der Waals surface area (Å²) < 4.78 is 86.3. The number of methoxy groups -OCH3 is 3. The van der Waals surface area contributed by atoms with Gasteiger partial charge in [-0.3, -0.25) is 9.59 Å². The van der Waals surface area contributed by atoms with Gasteiger partial charge in [0.25, 0.3) is 0 Å². The molecule has 0 bridgehead atoms. The van der Waals surface area contributed by atoms with E-state index in [4.69, 9.17) is 66.3 Å². The molecule has 4 saturated carbocycles. The van der Waals surface area contributed by atoms with Crippen LogP contribution in [0.2, 0.25) is 0 Å². The van der Waals surface area contributed by atoms with Crippen molar-refractivity contribution in [3.63, 3.8) is 0 Å². The molecule has 9 fully saturated rings. The summed E-state index contributed by atoms with van der Waals surface area (Å²) >= 11 is 0. The summed E-state index contributed by atoms with van der Waals surface area (Å²) in [6.45, 7) is -2.67. The molecule has 0 aromatic heterocycles. The van der Waals surface area contributed by atoms with Crippen LogP contribution in [-0.2, 0) is 85.5 Å². The van der Waals surface area contributed by atoms with Gasteiger partial charge in [0, 0.05) is 45.1 Å². The number of esters is 4. The van der Waals surface area contributed by atoms with Gasteiger partial charge in [0.05, 0.1) is 69.0 Å². The number of allylic oxidation sites excluding steroid dienone is 2. The number of carbonyl (C=O) groups is 4. The maximum Gasteiger partial charge on any atom is 0.330 e. The smallest absolute Gasteiger partial charge is 0.330 e. The molecule has 5 saturated heterocycles. The van der Waals surface area contributed by atoms with Gasteiger partial charge in [-0.15, -0.1) is 0 Å². The van der Waals surface area contributed by atoms with E-state index in [1.807, 2.05) is 0 Å². The van der Waals surface area contributed by atoms with Gasteiger partial charge >= 0.3 is 23.9 Å². The number of hydrogen-bond donors (Lipinski definition) is 15. The van der Waals surface area contributed by atoms with Gasteiger partial charge in [-0.25, -0.2) is 9.59 Å². The number of aliphatic hydroxyl groups is 17. The Balaban J connectivity index is 0.948. The van der Waals surface area contributed by atoms with Crippen LogP contribution in [0.15, 0.2) is 24.3 Å². The molecule has 5 aliphatic heterocycles. The van der Waals surface area contributed by atoms with E-state index in [1.165, 1.54) is 26.4 Å². The Kier molecular flexibility index (Phi) is 27.7. The Morgan fingerprint density at radius 2 is 1.07 bits per heavy atom. The van der Waals surface area contributed by atoms with Crippen LogP contribution in [0.25, 0.3) is 0 Å². The van der Waals surface area contributed by atoms with Crippen molar-refractivity contribution in [2.45, 2.75) is 267 Å². The summed E-state index contributed by atoms with van der Waals surface area (Å²) in [6, 6.07) is 0. The normalized spacial score (nSPS) is 46.4. The summed E-state index contributed by atoms with van der Waals surface area (Å²) in [6.07, 6.45) is -35.5. The predicted octanol–water partition coefficient (Wildman–Crippen LogP) is -6.71. The van der Waals surface area contributed by atoms with Gasteiger partial charge in [-0.1, -0.05) is 12.2 Å². The van der Waals surface area contributed by atoms with Crippen molar-refractivity contribution < 1.29 is 167 Å². The maximum atomic E-state index is 13.7. The molecular weight excluding hydrogens is 1290 g/mol. The second-order valence-corrected chi connectivity index (χ2v) is 26.5. The summed E-state index contributed by atoms with van der Waals surface area (Å²) in [5.74, 6) is -5.75. The minimum absolute atomic E-state index is 0.000523. The summed E-state index contributed by atoms with van der Waals surface area (Å²) in [4.78, 5) is 51.3. The van der Waals surface area contributed by atoms with Gasteiger partial charge in [0.2, 0.25) is 0 Å². The first-order chi connectivity index (χ1) is 45.8. The first-order valence-corrected chi connectivity index (χ1v) is 32.8. The third kappa shape index (κ3) is 18.7. The van der Waals surface area contributed by atoms with Crippen LogP contribution in [0, 0.1) is 23.7 Å². The average molecular weight is 1390 g/mol. The quantitative estimate of drug-likeness (QED) is 0.0149. The molecule has 9 aliphatic rings. The van der Waals surface area contributed by atoms with E-state index in [2.05, 4.69) is 4.74 Å². The lowest BCUT2D eigenvalue weighted by atomic mass is 9.72. The van der Waals surface area contributed by atoms with Crippen molar-refractivity contribution in [3.8, 4) is 0 Å². The van der Waals surface area contributed by atoms with Crippen molar-refractivity contribution in [1.29, 1.82) is 0 Å². The van der Waals surface area contributed by atoms with Crippen LogP contribution in [0.1, 0.15) is 83.5 Å². The molecule has 34 heteroatoms. The van der Waals surface area contributed by atoms with Gasteiger partial charge < -0.3 is 148 Å². The van der Waals surface area contributed by atoms with Gasteiger partial charge in [-0.05, 0) is 76.0 Å². The average Bonchev–Trinajstić information content (AvgIpc) is 0.769. The Labute approximate surface area is 552 Å². The fourth-order valence-corrected chi connectivity index (χ4v) is 14.5. The number of carbonyl (C=O) groups excluding carboxylic acids is 4. The molecule has 9 rings (SSSR count). The number of aliphatic hydroxyl groups excluding tert-OH is 15. The number of ether oxygens (including phenoxy) is 15. The fraction of sp³-hybridized carbons (Fsp3) is 0.871. The Morgan fingerprint density at radius 1 is 0.479 bits per heavy atom. The molecule has 34 nitrogen and oxygen atoms in total.